The Morgan fingerprint density at radius 1 is 1.91 bits per heavy atom. The van der Waals surface area contributed by atoms with E-state index in [1.807, 2.05) is 11.5 Å². The lowest BCUT2D eigenvalue weighted by molar-refractivity contribution is -0.150. The minimum Gasteiger partial charge on any atom is -0.467 e. The monoisotopic (exact) mass is 174 g/mol. The topological polar surface area (TPSA) is 46.5 Å². The normalized spacial score (nSPS) is 25.1. The molecule has 2 atom stereocenters. The molecule has 0 spiro atoms. The van der Waals surface area contributed by atoms with Gasteiger partial charge in [-0.3, -0.25) is 0 Å². The van der Waals surface area contributed by atoms with Crippen molar-refractivity contribution in [1.82, 2.24) is 0 Å². The minimum atomic E-state index is -0.986. The van der Waals surface area contributed by atoms with E-state index in [-0.39, 0.29) is 5.25 Å². The standard InChI is InChI=1S/C7H10O3S/c1-10-7(9)6(8)5-3-2-4-11-5/h2,4-6,8H,3H2,1H3. The van der Waals surface area contributed by atoms with Crippen LogP contribution in [0.1, 0.15) is 6.42 Å². The third-order valence-corrected chi connectivity index (χ3v) is 2.66. The first-order valence-electron chi connectivity index (χ1n) is 3.32. The van der Waals surface area contributed by atoms with E-state index >= 15 is 0 Å². The lowest BCUT2D eigenvalue weighted by atomic mass is 10.2. The number of ether oxygens (including phenoxy) is 1. The third kappa shape index (κ3) is 1.97. The molecular weight excluding hydrogens is 164 g/mol. The zero-order valence-corrected chi connectivity index (χ0v) is 7.00. The highest BCUT2D eigenvalue weighted by molar-refractivity contribution is 8.03. The Labute approximate surface area is 69.4 Å². The van der Waals surface area contributed by atoms with Crippen LogP contribution in [0.5, 0.6) is 0 Å². The van der Waals surface area contributed by atoms with E-state index < -0.39 is 12.1 Å². The second-order valence-electron chi connectivity index (χ2n) is 2.25. The van der Waals surface area contributed by atoms with Gasteiger partial charge in [0.1, 0.15) is 0 Å². The summed E-state index contributed by atoms with van der Waals surface area (Å²) < 4.78 is 4.39. The van der Waals surface area contributed by atoms with E-state index in [9.17, 15) is 9.90 Å². The van der Waals surface area contributed by atoms with Crippen LogP contribution in [0.2, 0.25) is 0 Å². The van der Waals surface area contributed by atoms with Crippen molar-refractivity contribution in [2.24, 2.45) is 0 Å². The largest absolute Gasteiger partial charge is 0.467 e. The molecule has 0 radical (unpaired) electrons. The Balaban J connectivity index is 2.41. The summed E-state index contributed by atoms with van der Waals surface area (Å²) in [4.78, 5) is 10.8. The van der Waals surface area contributed by atoms with Crippen LogP contribution in [0.15, 0.2) is 11.5 Å². The van der Waals surface area contributed by atoms with Gasteiger partial charge in [-0.05, 0) is 11.8 Å². The molecule has 0 aromatic rings. The minimum absolute atomic E-state index is 0.0533. The Morgan fingerprint density at radius 3 is 3.09 bits per heavy atom. The number of carbonyl (C=O) groups is 1. The van der Waals surface area contributed by atoms with Crippen LogP contribution in [0.25, 0.3) is 0 Å². The third-order valence-electron chi connectivity index (χ3n) is 1.51. The Kier molecular flexibility index (Phi) is 2.96. The summed E-state index contributed by atoms with van der Waals surface area (Å²) in [5.41, 5.74) is 0. The Bertz CT molecular complexity index is 171. The van der Waals surface area contributed by atoms with E-state index in [2.05, 4.69) is 4.74 Å². The van der Waals surface area contributed by atoms with Gasteiger partial charge < -0.3 is 9.84 Å². The first-order chi connectivity index (χ1) is 5.25. The molecule has 0 fully saturated rings. The summed E-state index contributed by atoms with van der Waals surface area (Å²) in [6.07, 6.45) is 1.68. The molecule has 1 rings (SSSR count). The van der Waals surface area contributed by atoms with Crippen LogP contribution in [-0.2, 0) is 9.53 Å². The van der Waals surface area contributed by atoms with Crippen molar-refractivity contribution < 1.29 is 14.6 Å². The van der Waals surface area contributed by atoms with E-state index in [4.69, 9.17) is 0 Å². The van der Waals surface area contributed by atoms with E-state index in [0.717, 1.165) is 6.42 Å². The van der Waals surface area contributed by atoms with Crippen LogP contribution in [0.4, 0.5) is 0 Å². The molecule has 0 saturated heterocycles. The molecule has 4 heteroatoms. The molecule has 3 nitrogen and oxygen atoms in total. The van der Waals surface area contributed by atoms with Gasteiger partial charge in [-0.2, -0.15) is 0 Å². The highest BCUT2D eigenvalue weighted by Gasteiger charge is 2.27. The maximum absolute atomic E-state index is 10.8. The van der Waals surface area contributed by atoms with Crippen molar-refractivity contribution in [3.8, 4) is 0 Å². The summed E-state index contributed by atoms with van der Waals surface area (Å²) in [6, 6.07) is 0. The number of carbonyl (C=O) groups excluding carboxylic acids is 1. The molecule has 11 heavy (non-hydrogen) atoms. The van der Waals surface area contributed by atoms with Crippen molar-refractivity contribution in [2.45, 2.75) is 17.8 Å². The quantitative estimate of drug-likeness (QED) is 0.621. The van der Waals surface area contributed by atoms with Gasteiger partial charge in [0, 0.05) is 5.25 Å². The van der Waals surface area contributed by atoms with E-state index in [0.29, 0.717) is 0 Å². The Morgan fingerprint density at radius 2 is 2.64 bits per heavy atom. The van der Waals surface area contributed by atoms with Gasteiger partial charge in [0.15, 0.2) is 6.10 Å². The van der Waals surface area contributed by atoms with Gasteiger partial charge in [0.2, 0.25) is 0 Å². The first kappa shape index (κ1) is 8.62. The summed E-state index contributed by atoms with van der Waals surface area (Å²) in [6.45, 7) is 0. The average molecular weight is 174 g/mol. The molecule has 1 heterocycles. The van der Waals surface area contributed by atoms with Crippen LogP contribution < -0.4 is 0 Å². The van der Waals surface area contributed by atoms with Gasteiger partial charge in [0.05, 0.1) is 7.11 Å². The number of thioether (sulfide) groups is 1. The van der Waals surface area contributed by atoms with Gasteiger partial charge in [0.25, 0.3) is 0 Å². The summed E-state index contributed by atoms with van der Waals surface area (Å²) in [7, 11) is 1.28. The number of hydrogen-bond acceptors (Lipinski definition) is 4. The molecule has 0 amide bonds. The number of rotatable bonds is 2. The summed E-state index contributed by atoms with van der Waals surface area (Å²) >= 11 is 1.46. The van der Waals surface area contributed by atoms with E-state index in [1.165, 1.54) is 18.9 Å². The predicted molar refractivity (Wildman–Crippen MR) is 43.2 cm³/mol. The van der Waals surface area contributed by atoms with Crippen molar-refractivity contribution in [3.63, 3.8) is 0 Å². The summed E-state index contributed by atoms with van der Waals surface area (Å²) in [5, 5.41) is 11.1. The average Bonchev–Trinajstić information content (AvgIpc) is 2.53. The number of methoxy groups -OCH3 is 1. The van der Waals surface area contributed by atoms with Crippen LogP contribution in [0, 0.1) is 0 Å². The number of hydrogen-bond donors (Lipinski definition) is 1. The zero-order valence-electron chi connectivity index (χ0n) is 6.19. The molecule has 1 aliphatic rings. The number of aliphatic hydroxyl groups excluding tert-OH is 1. The molecule has 0 aromatic heterocycles. The van der Waals surface area contributed by atoms with Gasteiger partial charge in [-0.25, -0.2) is 4.79 Å². The second kappa shape index (κ2) is 3.78. The molecule has 1 N–H and O–H groups in total. The van der Waals surface area contributed by atoms with Crippen molar-refractivity contribution in [3.05, 3.63) is 11.5 Å². The highest BCUT2D eigenvalue weighted by Crippen LogP contribution is 2.26. The molecular formula is C7H10O3S. The fourth-order valence-electron chi connectivity index (χ4n) is 0.878. The van der Waals surface area contributed by atoms with E-state index in [1.54, 1.807) is 0 Å². The molecule has 0 aliphatic carbocycles. The number of allylic oxidation sites excluding steroid dienone is 1. The van der Waals surface area contributed by atoms with Gasteiger partial charge in [-0.15, -0.1) is 11.8 Å². The maximum Gasteiger partial charge on any atom is 0.335 e. The lowest BCUT2D eigenvalue weighted by Gasteiger charge is -2.13. The molecule has 0 bridgehead atoms. The van der Waals surface area contributed by atoms with Crippen LogP contribution in [-0.4, -0.2) is 29.5 Å². The molecule has 1 aliphatic heterocycles. The zero-order chi connectivity index (χ0) is 8.27. The van der Waals surface area contributed by atoms with Crippen LogP contribution >= 0.6 is 11.8 Å². The smallest absolute Gasteiger partial charge is 0.335 e. The fraction of sp³-hybridized carbons (Fsp3) is 0.571. The number of aliphatic hydroxyl groups is 1. The SMILES string of the molecule is COC(=O)C(O)C1CC=CS1. The molecule has 0 saturated carbocycles. The molecule has 0 aromatic carbocycles. The fourth-order valence-corrected chi connectivity index (χ4v) is 1.78. The Hall–Kier alpha value is -0.480. The number of esters is 1. The van der Waals surface area contributed by atoms with Crippen molar-refractivity contribution >= 4 is 17.7 Å². The first-order valence-corrected chi connectivity index (χ1v) is 4.26. The predicted octanol–water partition coefficient (Wildman–Crippen LogP) is 0.540. The van der Waals surface area contributed by atoms with Gasteiger partial charge >= 0.3 is 5.97 Å². The maximum atomic E-state index is 10.8. The van der Waals surface area contributed by atoms with Crippen molar-refractivity contribution in [2.75, 3.05) is 7.11 Å². The highest BCUT2D eigenvalue weighted by atomic mass is 32.2. The van der Waals surface area contributed by atoms with Crippen LogP contribution in [0.3, 0.4) is 0 Å². The molecule has 2 unspecified atom stereocenters. The van der Waals surface area contributed by atoms with Gasteiger partial charge in [-0.1, -0.05) is 6.08 Å². The summed E-state index contributed by atoms with van der Waals surface area (Å²) in [5.74, 6) is -0.550. The second-order valence-corrected chi connectivity index (χ2v) is 3.40. The van der Waals surface area contributed by atoms with Crippen molar-refractivity contribution in [1.29, 1.82) is 0 Å². The molecule has 62 valence electrons. The lowest BCUT2D eigenvalue weighted by Crippen LogP contribution is -2.31.